The number of carbonyl (C=O) groups excluding carboxylic acids is 1. The highest BCUT2D eigenvalue weighted by Crippen LogP contribution is 2.18. The summed E-state index contributed by atoms with van der Waals surface area (Å²) < 4.78 is 14.4. The Morgan fingerprint density at radius 1 is 1.41 bits per heavy atom. The zero-order valence-electron chi connectivity index (χ0n) is 12.4. The van der Waals surface area contributed by atoms with Gasteiger partial charge >= 0.3 is 0 Å². The van der Waals surface area contributed by atoms with Crippen molar-refractivity contribution in [1.82, 2.24) is 25.2 Å². The van der Waals surface area contributed by atoms with Crippen molar-refractivity contribution in [3.8, 4) is 5.69 Å². The Kier molecular flexibility index (Phi) is 4.15. The van der Waals surface area contributed by atoms with Crippen molar-refractivity contribution in [2.45, 2.75) is 6.42 Å². The number of hydrogen-bond donors (Lipinski definition) is 1. The van der Waals surface area contributed by atoms with Gasteiger partial charge in [0, 0.05) is 13.1 Å². The van der Waals surface area contributed by atoms with Gasteiger partial charge in [-0.15, -0.1) is 5.10 Å². The fourth-order valence-electron chi connectivity index (χ4n) is 2.72. The van der Waals surface area contributed by atoms with Gasteiger partial charge in [0.25, 0.3) is 5.91 Å². The third kappa shape index (κ3) is 2.99. The molecule has 0 radical (unpaired) electrons. The first-order valence-corrected chi connectivity index (χ1v) is 7.29. The van der Waals surface area contributed by atoms with Gasteiger partial charge in [0.05, 0.1) is 11.9 Å². The number of carbonyl (C=O) groups is 1. The molecule has 2 heterocycles. The Morgan fingerprint density at radius 2 is 2.18 bits per heavy atom. The first-order chi connectivity index (χ1) is 10.7. The molecule has 7 heteroatoms. The van der Waals surface area contributed by atoms with Crippen LogP contribution in [0.15, 0.2) is 30.5 Å². The molecule has 0 bridgehead atoms. The van der Waals surface area contributed by atoms with Crippen molar-refractivity contribution in [3.05, 3.63) is 42.0 Å². The molecular formula is C15H18FN5O. The van der Waals surface area contributed by atoms with Crippen LogP contribution in [0.3, 0.4) is 0 Å². The molecule has 1 N–H and O–H groups in total. The van der Waals surface area contributed by atoms with E-state index in [4.69, 9.17) is 0 Å². The summed E-state index contributed by atoms with van der Waals surface area (Å²) in [5, 5.41) is 11.0. The first-order valence-electron chi connectivity index (χ1n) is 7.29. The summed E-state index contributed by atoms with van der Waals surface area (Å²) in [5.74, 6) is 0.0702. The summed E-state index contributed by atoms with van der Waals surface area (Å²) in [7, 11) is 1.92. The molecule has 0 saturated carbocycles. The fraction of sp³-hybridized carbons (Fsp3) is 0.400. The Bertz CT molecular complexity index is 654. The van der Waals surface area contributed by atoms with E-state index in [2.05, 4.69) is 15.6 Å². The van der Waals surface area contributed by atoms with E-state index < -0.39 is 0 Å². The van der Waals surface area contributed by atoms with Gasteiger partial charge in [-0.25, -0.2) is 9.07 Å². The maximum atomic E-state index is 12.9. The molecule has 1 fully saturated rings. The minimum Gasteiger partial charge on any atom is -0.337 e. The van der Waals surface area contributed by atoms with Crippen molar-refractivity contribution in [1.29, 1.82) is 0 Å². The van der Waals surface area contributed by atoms with Crippen LogP contribution in [0.2, 0.25) is 0 Å². The summed E-state index contributed by atoms with van der Waals surface area (Å²) in [5.41, 5.74) is 0.983. The molecule has 116 valence electrons. The lowest BCUT2D eigenvalue weighted by molar-refractivity contribution is 0.0781. The van der Waals surface area contributed by atoms with E-state index in [0.29, 0.717) is 17.3 Å². The van der Waals surface area contributed by atoms with Crippen molar-refractivity contribution < 1.29 is 9.18 Å². The van der Waals surface area contributed by atoms with E-state index in [1.165, 1.54) is 16.8 Å². The quantitative estimate of drug-likeness (QED) is 0.918. The van der Waals surface area contributed by atoms with Crippen LogP contribution < -0.4 is 5.32 Å². The molecule has 1 aliphatic heterocycles. The molecule has 0 unspecified atom stereocenters. The van der Waals surface area contributed by atoms with Gasteiger partial charge in [-0.2, -0.15) is 0 Å². The molecule has 0 aliphatic carbocycles. The zero-order chi connectivity index (χ0) is 15.5. The predicted molar refractivity (Wildman–Crippen MR) is 79.3 cm³/mol. The van der Waals surface area contributed by atoms with Gasteiger partial charge in [0.1, 0.15) is 5.82 Å². The van der Waals surface area contributed by atoms with Crippen molar-refractivity contribution >= 4 is 5.91 Å². The standard InChI is InChI=1S/C15H18FN5O/c1-17-8-11-6-7-20(9-11)15(22)14-10-21(19-18-14)13-4-2-12(16)3-5-13/h2-5,10-11,17H,6-9H2,1H3/t11-/m1/s1. The van der Waals surface area contributed by atoms with Crippen molar-refractivity contribution in [2.24, 2.45) is 5.92 Å². The molecule has 3 rings (SSSR count). The number of likely N-dealkylation sites (tertiary alicyclic amines) is 1. The Hall–Kier alpha value is -2.28. The number of aromatic nitrogens is 3. The van der Waals surface area contributed by atoms with E-state index in [-0.39, 0.29) is 11.7 Å². The molecule has 22 heavy (non-hydrogen) atoms. The molecular weight excluding hydrogens is 285 g/mol. The van der Waals surface area contributed by atoms with Crippen LogP contribution in [0.25, 0.3) is 5.69 Å². The third-order valence-corrected chi connectivity index (χ3v) is 3.87. The highest BCUT2D eigenvalue weighted by Gasteiger charge is 2.28. The normalized spacial score (nSPS) is 17.9. The number of rotatable bonds is 4. The van der Waals surface area contributed by atoms with Crippen LogP contribution in [0, 0.1) is 11.7 Å². The number of hydrogen-bond acceptors (Lipinski definition) is 4. The molecule has 1 atom stereocenters. The molecule has 1 amide bonds. The smallest absolute Gasteiger partial charge is 0.276 e. The molecule has 2 aromatic rings. The van der Waals surface area contributed by atoms with Crippen LogP contribution in [0.5, 0.6) is 0 Å². The molecule has 1 aromatic carbocycles. The van der Waals surface area contributed by atoms with Gasteiger partial charge in [0.2, 0.25) is 0 Å². The van der Waals surface area contributed by atoms with E-state index in [1.807, 2.05) is 7.05 Å². The lowest BCUT2D eigenvalue weighted by Gasteiger charge is -2.14. The summed E-state index contributed by atoms with van der Waals surface area (Å²) in [6.07, 6.45) is 2.58. The summed E-state index contributed by atoms with van der Waals surface area (Å²) >= 11 is 0. The molecule has 6 nitrogen and oxygen atoms in total. The van der Waals surface area contributed by atoms with E-state index in [0.717, 1.165) is 26.1 Å². The predicted octanol–water partition coefficient (Wildman–Crippen LogP) is 1.09. The number of halogens is 1. The number of nitrogens with zero attached hydrogens (tertiary/aromatic N) is 4. The minimum atomic E-state index is -0.312. The maximum Gasteiger partial charge on any atom is 0.276 e. The Morgan fingerprint density at radius 3 is 2.91 bits per heavy atom. The van der Waals surface area contributed by atoms with Crippen LogP contribution in [-0.4, -0.2) is 52.5 Å². The number of benzene rings is 1. The summed E-state index contributed by atoms with van der Waals surface area (Å²) in [6.45, 7) is 2.39. The van der Waals surface area contributed by atoms with Gasteiger partial charge in [0.15, 0.2) is 5.69 Å². The Balaban J connectivity index is 1.71. The van der Waals surface area contributed by atoms with Gasteiger partial charge < -0.3 is 10.2 Å². The van der Waals surface area contributed by atoms with Crippen LogP contribution >= 0.6 is 0 Å². The minimum absolute atomic E-state index is 0.105. The highest BCUT2D eigenvalue weighted by molar-refractivity contribution is 5.92. The van der Waals surface area contributed by atoms with E-state index >= 15 is 0 Å². The van der Waals surface area contributed by atoms with E-state index in [9.17, 15) is 9.18 Å². The van der Waals surface area contributed by atoms with Crippen LogP contribution in [0.1, 0.15) is 16.9 Å². The first kappa shape index (κ1) is 14.6. The number of amides is 1. The average molecular weight is 303 g/mol. The third-order valence-electron chi connectivity index (χ3n) is 3.87. The largest absolute Gasteiger partial charge is 0.337 e. The Labute approximate surface area is 127 Å². The van der Waals surface area contributed by atoms with Gasteiger partial charge in [-0.1, -0.05) is 5.21 Å². The fourth-order valence-corrected chi connectivity index (χ4v) is 2.72. The molecule has 0 spiro atoms. The lowest BCUT2D eigenvalue weighted by atomic mass is 10.1. The van der Waals surface area contributed by atoms with Gasteiger partial charge in [-0.3, -0.25) is 4.79 Å². The summed E-state index contributed by atoms with van der Waals surface area (Å²) in [4.78, 5) is 14.2. The van der Waals surface area contributed by atoms with Crippen LogP contribution in [0.4, 0.5) is 4.39 Å². The lowest BCUT2D eigenvalue weighted by Crippen LogP contribution is -2.30. The summed E-state index contributed by atoms with van der Waals surface area (Å²) in [6, 6.07) is 5.89. The van der Waals surface area contributed by atoms with E-state index in [1.54, 1.807) is 23.2 Å². The SMILES string of the molecule is CNC[C@H]1CCN(C(=O)c2cn(-c3ccc(F)cc3)nn2)C1. The molecule has 1 aromatic heterocycles. The highest BCUT2D eigenvalue weighted by atomic mass is 19.1. The second-order valence-electron chi connectivity index (χ2n) is 5.49. The zero-order valence-corrected chi connectivity index (χ0v) is 12.4. The second-order valence-corrected chi connectivity index (χ2v) is 5.49. The van der Waals surface area contributed by atoms with Crippen molar-refractivity contribution in [2.75, 3.05) is 26.7 Å². The molecule has 1 aliphatic rings. The maximum absolute atomic E-state index is 12.9. The van der Waals surface area contributed by atoms with Crippen LogP contribution in [-0.2, 0) is 0 Å². The average Bonchev–Trinajstić information content (AvgIpc) is 3.17. The topological polar surface area (TPSA) is 63.1 Å². The monoisotopic (exact) mass is 303 g/mol. The van der Waals surface area contributed by atoms with Crippen molar-refractivity contribution in [3.63, 3.8) is 0 Å². The second kappa shape index (κ2) is 6.23. The molecule has 1 saturated heterocycles. The number of nitrogens with one attached hydrogen (secondary N) is 1. The van der Waals surface area contributed by atoms with Gasteiger partial charge in [-0.05, 0) is 50.2 Å².